The van der Waals surface area contributed by atoms with Crippen LogP contribution in [-0.4, -0.2) is 18.2 Å². The third-order valence-electron chi connectivity index (χ3n) is 2.60. The lowest BCUT2D eigenvalue weighted by molar-refractivity contribution is -0.131. The van der Waals surface area contributed by atoms with Gasteiger partial charge in [0.15, 0.2) is 11.5 Å². The quantitative estimate of drug-likeness (QED) is 0.776. The molecule has 0 saturated carbocycles. The monoisotopic (exact) mass is 368 g/mol. The van der Waals surface area contributed by atoms with E-state index in [4.69, 9.17) is 14.6 Å². The van der Waals surface area contributed by atoms with Gasteiger partial charge in [-0.2, -0.15) is 0 Å². The Bertz CT molecular complexity index is 663. The van der Waals surface area contributed by atoms with Gasteiger partial charge in [0.1, 0.15) is 6.61 Å². The third-order valence-corrected chi connectivity index (χ3v) is 4.27. The summed E-state index contributed by atoms with van der Waals surface area (Å²) in [4.78, 5) is 11.6. The van der Waals surface area contributed by atoms with E-state index in [0.29, 0.717) is 18.1 Å². The molecule has 1 heterocycles. The fourth-order valence-electron chi connectivity index (χ4n) is 1.65. The number of methoxy groups -OCH3 is 1. The maximum absolute atomic E-state index is 10.5. The van der Waals surface area contributed by atoms with Gasteiger partial charge >= 0.3 is 5.97 Å². The van der Waals surface area contributed by atoms with Crippen molar-refractivity contribution < 1.29 is 19.4 Å². The number of aliphatic carboxylic acids is 1. The molecule has 4 nitrogen and oxygen atoms in total. The number of hydrogen-bond acceptors (Lipinski definition) is 4. The van der Waals surface area contributed by atoms with Crippen molar-refractivity contribution in [1.82, 2.24) is 0 Å². The molecule has 1 N–H and O–H groups in total. The standard InChI is InChI=1S/C15H13BrO4S/c1-19-14-6-10(3-5-15(17)18)2-4-13(14)20-8-12-7-11(16)9-21-12/h2-7,9H,8H2,1H3,(H,17,18). The summed E-state index contributed by atoms with van der Waals surface area (Å²) < 4.78 is 12.0. The molecule has 0 saturated heterocycles. The van der Waals surface area contributed by atoms with Crippen molar-refractivity contribution in [1.29, 1.82) is 0 Å². The van der Waals surface area contributed by atoms with E-state index in [1.165, 1.54) is 6.08 Å². The average molecular weight is 369 g/mol. The second-order valence-corrected chi connectivity index (χ2v) is 6.01. The number of thiophene rings is 1. The first-order chi connectivity index (χ1) is 10.1. The van der Waals surface area contributed by atoms with E-state index in [1.54, 1.807) is 36.6 Å². The summed E-state index contributed by atoms with van der Waals surface area (Å²) in [7, 11) is 1.55. The Morgan fingerprint density at radius 2 is 2.19 bits per heavy atom. The molecule has 0 amide bonds. The predicted octanol–water partition coefficient (Wildman–Crippen LogP) is 4.20. The van der Waals surface area contributed by atoms with Crippen LogP contribution in [-0.2, 0) is 11.4 Å². The Hall–Kier alpha value is -1.79. The molecule has 110 valence electrons. The van der Waals surface area contributed by atoms with Crippen LogP contribution in [0.5, 0.6) is 11.5 Å². The van der Waals surface area contributed by atoms with Crippen LogP contribution < -0.4 is 9.47 Å². The Labute approximate surface area is 134 Å². The van der Waals surface area contributed by atoms with Gasteiger partial charge in [0.05, 0.1) is 7.11 Å². The van der Waals surface area contributed by atoms with Crippen LogP contribution in [0, 0.1) is 0 Å². The highest BCUT2D eigenvalue weighted by atomic mass is 79.9. The molecule has 0 atom stereocenters. The van der Waals surface area contributed by atoms with E-state index in [9.17, 15) is 4.79 Å². The second kappa shape index (κ2) is 7.28. The maximum atomic E-state index is 10.5. The Morgan fingerprint density at radius 3 is 2.81 bits per heavy atom. The molecule has 0 spiro atoms. The predicted molar refractivity (Wildman–Crippen MR) is 86.0 cm³/mol. The van der Waals surface area contributed by atoms with E-state index >= 15 is 0 Å². The highest BCUT2D eigenvalue weighted by molar-refractivity contribution is 9.10. The molecular formula is C15H13BrO4S. The first-order valence-corrected chi connectivity index (χ1v) is 7.70. The van der Waals surface area contributed by atoms with E-state index < -0.39 is 5.97 Å². The van der Waals surface area contributed by atoms with E-state index in [0.717, 1.165) is 21.0 Å². The molecule has 0 unspecified atom stereocenters. The van der Waals surface area contributed by atoms with Crippen molar-refractivity contribution in [3.63, 3.8) is 0 Å². The van der Waals surface area contributed by atoms with Gasteiger partial charge < -0.3 is 14.6 Å². The lowest BCUT2D eigenvalue weighted by Gasteiger charge is -2.10. The minimum Gasteiger partial charge on any atom is -0.493 e. The van der Waals surface area contributed by atoms with Gasteiger partial charge in [0.25, 0.3) is 0 Å². The topological polar surface area (TPSA) is 55.8 Å². The van der Waals surface area contributed by atoms with Gasteiger partial charge in [0.2, 0.25) is 0 Å². The maximum Gasteiger partial charge on any atom is 0.328 e. The van der Waals surface area contributed by atoms with Gasteiger partial charge in [-0.1, -0.05) is 6.07 Å². The molecule has 21 heavy (non-hydrogen) atoms. The number of halogens is 1. The van der Waals surface area contributed by atoms with Gasteiger partial charge in [-0.05, 0) is 45.8 Å². The van der Waals surface area contributed by atoms with Crippen LogP contribution in [0.15, 0.2) is 40.2 Å². The average Bonchev–Trinajstić information content (AvgIpc) is 2.88. The smallest absolute Gasteiger partial charge is 0.328 e. The van der Waals surface area contributed by atoms with Gasteiger partial charge in [-0.25, -0.2) is 4.79 Å². The molecule has 1 aromatic heterocycles. The minimum atomic E-state index is -0.988. The van der Waals surface area contributed by atoms with Crippen LogP contribution in [0.2, 0.25) is 0 Å². The lowest BCUT2D eigenvalue weighted by atomic mass is 10.2. The Kier molecular flexibility index (Phi) is 5.41. The third kappa shape index (κ3) is 4.61. The number of carboxylic acid groups (broad SMARTS) is 1. The Morgan fingerprint density at radius 1 is 1.38 bits per heavy atom. The molecular weight excluding hydrogens is 356 g/mol. The van der Waals surface area contributed by atoms with Crippen molar-refractivity contribution in [3.8, 4) is 11.5 Å². The first-order valence-electron chi connectivity index (χ1n) is 6.03. The second-order valence-electron chi connectivity index (χ2n) is 4.10. The largest absolute Gasteiger partial charge is 0.493 e. The summed E-state index contributed by atoms with van der Waals surface area (Å²) in [5.74, 6) is 0.199. The van der Waals surface area contributed by atoms with Crippen LogP contribution in [0.25, 0.3) is 6.08 Å². The molecule has 0 bridgehead atoms. The normalized spacial score (nSPS) is 10.8. The zero-order valence-electron chi connectivity index (χ0n) is 11.2. The van der Waals surface area contributed by atoms with Crippen molar-refractivity contribution in [2.24, 2.45) is 0 Å². The van der Waals surface area contributed by atoms with E-state index in [-0.39, 0.29) is 0 Å². The van der Waals surface area contributed by atoms with E-state index in [1.807, 2.05) is 11.4 Å². The minimum absolute atomic E-state index is 0.455. The van der Waals surface area contributed by atoms with Crippen molar-refractivity contribution in [2.75, 3.05) is 7.11 Å². The fraction of sp³-hybridized carbons (Fsp3) is 0.133. The summed E-state index contributed by atoms with van der Waals surface area (Å²) >= 11 is 5.01. The van der Waals surface area contributed by atoms with Gasteiger partial charge in [-0.15, -0.1) is 11.3 Å². The zero-order valence-corrected chi connectivity index (χ0v) is 13.6. The highest BCUT2D eigenvalue weighted by Gasteiger charge is 2.06. The molecule has 0 radical (unpaired) electrons. The van der Waals surface area contributed by atoms with Crippen LogP contribution in [0.3, 0.4) is 0 Å². The number of carbonyl (C=O) groups is 1. The molecule has 6 heteroatoms. The molecule has 0 aliphatic rings. The number of ether oxygens (including phenoxy) is 2. The molecule has 1 aromatic carbocycles. The molecule has 2 aromatic rings. The Balaban J connectivity index is 2.10. The summed E-state index contributed by atoms with van der Waals surface area (Å²) in [6.07, 6.45) is 2.59. The first kappa shape index (κ1) is 15.6. The molecule has 0 fully saturated rings. The van der Waals surface area contributed by atoms with Crippen molar-refractivity contribution >= 4 is 39.3 Å². The lowest BCUT2D eigenvalue weighted by Crippen LogP contribution is -1.96. The van der Waals surface area contributed by atoms with Gasteiger partial charge in [-0.3, -0.25) is 0 Å². The number of benzene rings is 1. The fourth-order valence-corrected chi connectivity index (χ4v) is 3.02. The van der Waals surface area contributed by atoms with Crippen molar-refractivity contribution in [2.45, 2.75) is 6.61 Å². The number of rotatable bonds is 6. The summed E-state index contributed by atoms with van der Waals surface area (Å²) in [6, 6.07) is 7.28. The molecule has 0 aliphatic carbocycles. The van der Waals surface area contributed by atoms with Crippen LogP contribution in [0.4, 0.5) is 0 Å². The zero-order chi connectivity index (χ0) is 15.2. The van der Waals surface area contributed by atoms with Crippen molar-refractivity contribution in [3.05, 3.63) is 50.6 Å². The summed E-state index contributed by atoms with van der Waals surface area (Å²) in [6.45, 7) is 0.455. The van der Waals surface area contributed by atoms with Crippen LogP contribution in [0.1, 0.15) is 10.4 Å². The van der Waals surface area contributed by atoms with Gasteiger partial charge in [0, 0.05) is 20.8 Å². The molecule has 0 aliphatic heterocycles. The SMILES string of the molecule is COc1cc(C=CC(=O)O)ccc1OCc1cc(Br)cs1. The summed E-state index contributed by atoms with van der Waals surface area (Å²) in [5.41, 5.74) is 0.737. The highest BCUT2D eigenvalue weighted by Crippen LogP contribution is 2.30. The van der Waals surface area contributed by atoms with Crippen LogP contribution >= 0.6 is 27.3 Å². The number of carboxylic acids is 1. The number of hydrogen-bond donors (Lipinski definition) is 1. The molecule has 2 rings (SSSR count). The van der Waals surface area contributed by atoms with E-state index in [2.05, 4.69) is 15.9 Å². The summed E-state index contributed by atoms with van der Waals surface area (Å²) in [5, 5.41) is 10.6.